The fraction of sp³-hybridized carbons (Fsp3) is 0.273. The molecule has 0 heterocycles. The molecule has 0 saturated heterocycles. The summed E-state index contributed by atoms with van der Waals surface area (Å²) < 4.78 is 4.96. The highest BCUT2D eigenvalue weighted by atomic mass is 31.0. The van der Waals surface area contributed by atoms with Gasteiger partial charge < -0.3 is 14.6 Å². The Morgan fingerprint density at radius 3 is 2.65 bits per heavy atom. The van der Waals surface area contributed by atoms with Crippen molar-refractivity contribution in [2.45, 2.75) is 6.61 Å². The van der Waals surface area contributed by atoms with E-state index in [1.165, 1.54) is 4.90 Å². The largest absolute Gasteiger partial charge is 0.410 e. The Hall–Kier alpha value is -1.45. The molecule has 0 fully saturated rings. The molecule has 17 heavy (non-hydrogen) atoms. The fourth-order valence-corrected chi connectivity index (χ4v) is 1.57. The molecule has 1 atom stereocenters. The van der Waals surface area contributed by atoms with E-state index in [9.17, 15) is 4.79 Å². The van der Waals surface area contributed by atoms with Crippen LogP contribution in [0.2, 0.25) is 0 Å². The molecule has 5 nitrogen and oxygen atoms in total. The first-order chi connectivity index (χ1) is 8.11. The van der Waals surface area contributed by atoms with Crippen LogP contribution in [0, 0.1) is 0 Å². The Kier molecular flexibility index (Phi) is 5.07. The van der Waals surface area contributed by atoms with Crippen LogP contribution in [-0.4, -0.2) is 35.8 Å². The standard InChI is InChI=1S/C11H15N2O3P/c1-13(2)11(14)10(12-15)9-6-4-3-5-8(9)7-16-17/h3-6,15H,7,17H2,1-2H3. The summed E-state index contributed by atoms with van der Waals surface area (Å²) in [7, 11) is 5.34. The van der Waals surface area contributed by atoms with Gasteiger partial charge in [0.2, 0.25) is 0 Å². The maximum atomic E-state index is 11.8. The SMILES string of the molecule is CN(C)C(=O)C(=NO)c1ccccc1COP. The predicted octanol–water partition coefficient (Wildman–Crippen LogP) is 1.26. The van der Waals surface area contributed by atoms with E-state index in [1.54, 1.807) is 26.2 Å². The molecule has 0 aliphatic heterocycles. The number of hydrogen-bond donors (Lipinski definition) is 1. The van der Waals surface area contributed by atoms with E-state index in [2.05, 4.69) is 14.6 Å². The van der Waals surface area contributed by atoms with E-state index in [0.29, 0.717) is 12.2 Å². The second-order valence-corrected chi connectivity index (χ2v) is 3.95. The number of nitrogens with zero attached hydrogens (tertiary/aromatic N) is 2. The van der Waals surface area contributed by atoms with Crippen LogP contribution in [0.15, 0.2) is 29.4 Å². The van der Waals surface area contributed by atoms with Gasteiger partial charge in [0, 0.05) is 29.1 Å². The first-order valence-electron chi connectivity index (χ1n) is 4.95. The third kappa shape index (κ3) is 3.25. The molecule has 0 spiro atoms. The van der Waals surface area contributed by atoms with Gasteiger partial charge in [-0.2, -0.15) is 0 Å². The maximum Gasteiger partial charge on any atom is 0.276 e. The zero-order chi connectivity index (χ0) is 12.8. The van der Waals surface area contributed by atoms with Gasteiger partial charge in [0.05, 0.1) is 6.61 Å². The minimum Gasteiger partial charge on any atom is -0.410 e. The van der Waals surface area contributed by atoms with Crippen molar-refractivity contribution in [2.75, 3.05) is 14.1 Å². The van der Waals surface area contributed by atoms with Crippen molar-refractivity contribution in [1.29, 1.82) is 0 Å². The fourth-order valence-electron chi connectivity index (χ4n) is 1.39. The van der Waals surface area contributed by atoms with E-state index in [1.807, 2.05) is 12.1 Å². The molecule has 0 aliphatic rings. The van der Waals surface area contributed by atoms with Gasteiger partial charge in [0.15, 0.2) is 5.71 Å². The van der Waals surface area contributed by atoms with Gasteiger partial charge in [-0.3, -0.25) is 4.79 Å². The second-order valence-electron chi connectivity index (χ2n) is 3.62. The molecule has 1 rings (SSSR count). The second kappa shape index (κ2) is 6.33. The number of hydrogen-bond acceptors (Lipinski definition) is 4. The molecule has 1 N–H and O–H groups in total. The van der Waals surface area contributed by atoms with Crippen LogP contribution in [0.25, 0.3) is 0 Å². The van der Waals surface area contributed by atoms with Gasteiger partial charge in [-0.15, -0.1) is 0 Å². The molecule has 0 saturated carbocycles. The molecular weight excluding hydrogens is 239 g/mol. The van der Waals surface area contributed by atoms with Gasteiger partial charge in [0.1, 0.15) is 0 Å². The lowest BCUT2D eigenvalue weighted by Crippen LogP contribution is -2.31. The summed E-state index contributed by atoms with van der Waals surface area (Å²) in [5.41, 5.74) is 1.36. The highest BCUT2D eigenvalue weighted by molar-refractivity contribution is 7.09. The Bertz CT molecular complexity index is 432. The minimum absolute atomic E-state index is 0.00708. The van der Waals surface area contributed by atoms with Crippen molar-refractivity contribution in [3.8, 4) is 0 Å². The van der Waals surface area contributed by atoms with Crippen LogP contribution >= 0.6 is 9.47 Å². The summed E-state index contributed by atoms with van der Waals surface area (Å²) in [5, 5.41) is 12.1. The summed E-state index contributed by atoms with van der Waals surface area (Å²) in [5.74, 6) is -0.358. The Morgan fingerprint density at radius 1 is 1.47 bits per heavy atom. The van der Waals surface area contributed by atoms with Gasteiger partial charge >= 0.3 is 0 Å². The lowest BCUT2D eigenvalue weighted by molar-refractivity contribution is -0.121. The molecule has 1 unspecified atom stereocenters. The molecule has 0 radical (unpaired) electrons. The number of amides is 1. The average molecular weight is 254 g/mol. The van der Waals surface area contributed by atoms with Crippen molar-refractivity contribution in [1.82, 2.24) is 4.90 Å². The van der Waals surface area contributed by atoms with Crippen molar-refractivity contribution >= 4 is 21.1 Å². The highest BCUT2D eigenvalue weighted by Gasteiger charge is 2.19. The Morgan fingerprint density at radius 2 is 2.12 bits per heavy atom. The smallest absolute Gasteiger partial charge is 0.276 e. The van der Waals surface area contributed by atoms with Crippen molar-refractivity contribution in [2.24, 2.45) is 5.16 Å². The normalized spacial score (nSPS) is 11.4. The van der Waals surface area contributed by atoms with E-state index in [-0.39, 0.29) is 11.6 Å². The van der Waals surface area contributed by atoms with Crippen molar-refractivity contribution in [3.63, 3.8) is 0 Å². The van der Waals surface area contributed by atoms with Crippen molar-refractivity contribution in [3.05, 3.63) is 35.4 Å². The quantitative estimate of drug-likeness (QED) is 0.381. The topological polar surface area (TPSA) is 62.1 Å². The van der Waals surface area contributed by atoms with Crippen LogP contribution in [-0.2, 0) is 15.9 Å². The van der Waals surface area contributed by atoms with Gasteiger partial charge in [-0.05, 0) is 5.56 Å². The van der Waals surface area contributed by atoms with E-state index >= 15 is 0 Å². The number of carbonyl (C=O) groups excluding carboxylic acids is 1. The lowest BCUT2D eigenvalue weighted by atomic mass is 10.0. The molecule has 0 aliphatic carbocycles. The van der Waals surface area contributed by atoms with Gasteiger partial charge in [0.25, 0.3) is 5.91 Å². The number of rotatable bonds is 4. The maximum absolute atomic E-state index is 11.8. The average Bonchev–Trinajstić information content (AvgIpc) is 2.32. The highest BCUT2D eigenvalue weighted by Crippen LogP contribution is 2.13. The van der Waals surface area contributed by atoms with Crippen LogP contribution in [0.3, 0.4) is 0 Å². The third-order valence-electron chi connectivity index (χ3n) is 2.22. The first-order valence-corrected chi connectivity index (χ1v) is 5.42. The molecule has 0 bridgehead atoms. The van der Waals surface area contributed by atoms with Crippen LogP contribution in [0.5, 0.6) is 0 Å². The summed E-state index contributed by atoms with van der Waals surface area (Å²) in [6.45, 7) is 0.320. The zero-order valence-corrected chi connectivity index (χ0v) is 10.9. The molecule has 92 valence electrons. The first kappa shape index (κ1) is 13.6. The summed E-state index contributed by atoms with van der Waals surface area (Å²) in [4.78, 5) is 13.2. The third-order valence-corrected chi connectivity index (χ3v) is 2.39. The molecule has 1 aromatic carbocycles. The molecule has 1 amide bonds. The summed E-state index contributed by atoms with van der Waals surface area (Å²) >= 11 is 0. The molecular formula is C11H15N2O3P. The number of carbonyl (C=O) groups is 1. The van der Waals surface area contributed by atoms with Crippen LogP contribution in [0.4, 0.5) is 0 Å². The van der Waals surface area contributed by atoms with Crippen molar-refractivity contribution < 1.29 is 14.5 Å². The molecule has 6 heteroatoms. The predicted molar refractivity (Wildman–Crippen MR) is 68.0 cm³/mol. The molecule has 1 aromatic rings. The van der Waals surface area contributed by atoms with Gasteiger partial charge in [-0.1, -0.05) is 29.4 Å². The van der Waals surface area contributed by atoms with Crippen LogP contribution in [0.1, 0.15) is 11.1 Å². The monoisotopic (exact) mass is 254 g/mol. The van der Waals surface area contributed by atoms with E-state index in [0.717, 1.165) is 5.56 Å². The Balaban J connectivity index is 3.17. The number of benzene rings is 1. The minimum atomic E-state index is -0.358. The Labute approximate surface area is 102 Å². The van der Waals surface area contributed by atoms with Crippen LogP contribution < -0.4 is 0 Å². The zero-order valence-electron chi connectivity index (χ0n) is 9.75. The lowest BCUT2D eigenvalue weighted by Gasteiger charge is -2.13. The summed E-state index contributed by atoms with van der Waals surface area (Å²) in [6, 6.07) is 7.14. The van der Waals surface area contributed by atoms with E-state index in [4.69, 9.17) is 9.73 Å². The van der Waals surface area contributed by atoms with Gasteiger partial charge in [-0.25, -0.2) is 0 Å². The molecule has 0 aromatic heterocycles. The number of likely N-dealkylation sites (N-methyl/N-ethyl adjacent to an activating group) is 1. The number of oxime groups is 1. The summed E-state index contributed by atoms with van der Waals surface area (Å²) in [6.07, 6.45) is 0. The van der Waals surface area contributed by atoms with E-state index < -0.39 is 0 Å².